The van der Waals surface area contributed by atoms with Gasteiger partial charge in [-0.2, -0.15) is 9.40 Å². The smallest absolute Gasteiger partial charge is 0.274 e. The van der Waals surface area contributed by atoms with Gasteiger partial charge in [-0.05, 0) is 30.3 Å². The van der Waals surface area contributed by atoms with Crippen LogP contribution in [0.4, 0.5) is 4.39 Å². The van der Waals surface area contributed by atoms with E-state index in [9.17, 15) is 17.6 Å². The van der Waals surface area contributed by atoms with E-state index in [2.05, 4.69) is 5.10 Å². The van der Waals surface area contributed by atoms with Crippen LogP contribution in [0.5, 0.6) is 0 Å². The number of rotatable bonds is 4. The number of para-hydroxylation sites is 1. The number of aromatic nitrogens is 2. The van der Waals surface area contributed by atoms with E-state index < -0.39 is 15.8 Å². The summed E-state index contributed by atoms with van der Waals surface area (Å²) in [5.41, 5.74) is 1.13. The topological polar surface area (TPSA) is 75.5 Å². The molecule has 0 spiro atoms. The summed E-state index contributed by atoms with van der Waals surface area (Å²) >= 11 is 0. The molecule has 0 saturated carbocycles. The lowest BCUT2D eigenvalue weighted by Gasteiger charge is -2.33. The van der Waals surface area contributed by atoms with E-state index in [0.29, 0.717) is 5.69 Å². The zero-order chi connectivity index (χ0) is 20.4. The fraction of sp³-hybridized carbons (Fsp3) is 0.200. The van der Waals surface area contributed by atoms with Crippen molar-refractivity contribution in [2.24, 2.45) is 0 Å². The van der Waals surface area contributed by atoms with E-state index >= 15 is 0 Å². The van der Waals surface area contributed by atoms with Crippen LogP contribution >= 0.6 is 0 Å². The lowest BCUT2D eigenvalue weighted by atomic mass is 10.3. The number of halogens is 1. The van der Waals surface area contributed by atoms with Crippen LogP contribution in [-0.4, -0.2) is 59.5 Å². The minimum atomic E-state index is -3.94. The molecule has 7 nitrogen and oxygen atoms in total. The fourth-order valence-electron chi connectivity index (χ4n) is 3.25. The molecule has 0 N–H and O–H groups in total. The van der Waals surface area contributed by atoms with Crippen molar-refractivity contribution >= 4 is 15.9 Å². The molecule has 1 aliphatic heterocycles. The first-order valence-electron chi connectivity index (χ1n) is 9.12. The molecule has 1 amide bonds. The summed E-state index contributed by atoms with van der Waals surface area (Å²) < 4.78 is 42.1. The number of carbonyl (C=O) groups excluding carboxylic acids is 1. The molecule has 1 aliphatic rings. The second-order valence-electron chi connectivity index (χ2n) is 6.61. The van der Waals surface area contributed by atoms with Crippen molar-refractivity contribution < 1.29 is 17.6 Å². The van der Waals surface area contributed by atoms with E-state index in [1.165, 1.54) is 22.5 Å². The number of benzene rings is 2. The lowest BCUT2D eigenvalue weighted by Crippen LogP contribution is -2.50. The highest BCUT2D eigenvalue weighted by molar-refractivity contribution is 7.89. The van der Waals surface area contributed by atoms with Gasteiger partial charge in [-0.3, -0.25) is 4.79 Å². The summed E-state index contributed by atoms with van der Waals surface area (Å²) in [6.45, 7) is 0.624. The molecular weight excluding hydrogens is 395 g/mol. The molecule has 3 aromatic rings. The zero-order valence-electron chi connectivity index (χ0n) is 15.5. The van der Waals surface area contributed by atoms with E-state index in [1.807, 2.05) is 30.3 Å². The van der Waals surface area contributed by atoms with Crippen molar-refractivity contribution in [2.45, 2.75) is 4.90 Å². The lowest BCUT2D eigenvalue weighted by molar-refractivity contribution is 0.0691. The summed E-state index contributed by atoms with van der Waals surface area (Å²) in [4.78, 5) is 14.0. The van der Waals surface area contributed by atoms with Gasteiger partial charge in [-0.15, -0.1) is 0 Å². The number of sulfonamides is 1. The van der Waals surface area contributed by atoms with Crippen LogP contribution < -0.4 is 0 Å². The van der Waals surface area contributed by atoms with Gasteiger partial charge in [0.15, 0.2) is 5.69 Å². The van der Waals surface area contributed by atoms with Gasteiger partial charge in [0.05, 0.1) is 5.69 Å². The summed E-state index contributed by atoms with van der Waals surface area (Å²) in [7, 11) is -3.94. The van der Waals surface area contributed by atoms with Crippen molar-refractivity contribution in [3.63, 3.8) is 0 Å². The van der Waals surface area contributed by atoms with E-state index in [1.54, 1.807) is 21.8 Å². The highest BCUT2D eigenvalue weighted by Gasteiger charge is 2.32. The highest BCUT2D eigenvalue weighted by atomic mass is 32.2. The third-order valence-electron chi connectivity index (χ3n) is 4.81. The Morgan fingerprint density at radius 1 is 0.897 bits per heavy atom. The molecule has 1 aromatic heterocycles. The Morgan fingerprint density at radius 3 is 2.24 bits per heavy atom. The Kier molecular flexibility index (Phi) is 5.16. The van der Waals surface area contributed by atoms with Crippen molar-refractivity contribution in [2.75, 3.05) is 26.2 Å². The van der Waals surface area contributed by atoms with E-state index in [-0.39, 0.29) is 37.0 Å². The first-order chi connectivity index (χ1) is 14.0. The first-order valence-corrected chi connectivity index (χ1v) is 10.6. The molecule has 29 heavy (non-hydrogen) atoms. The monoisotopic (exact) mass is 414 g/mol. The first kappa shape index (κ1) is 19.3. The van der Waals surface area contributed by atoms with Gasteiger partial charge in [0, 0.05) is 32.4 Å². The minimum absolute atomic E-state index is 0.0990. The zero-order valence-corrected chi connectivity index (χ0v) is 16.3. The Morgan fingerprint density at radius 2 is 1.55 bits per heavy atom. The molecule has 9 heteroatoms. The number of nitrogens with zero attached hydrogens (tertiary/aromatic N) is 4. The standard InChI is InChI=1S/C20H19FN4O3S/c21-17-8-4-5-9-19(17)29(27,28)24-14-12-23(13-15-24)20(26)18-10-11-25(22-18)16-6-2-1-3-7-16/h1-11H,12-15H2. The number of hydrogen-bond donors (Lipinski definition) is 0. The van der Waals surface area contributed by atoms with Crippen molar-refractivity contribution in [1.82, 2.24) is 19.0 Å². The molecule has 0 aliphatic carbocycles. The number of amides is 1. The normalized spacial score (nSPS) is 15.4. The van der Waals surface area contributed by atoms with Crippen LogP contribution in [0.3, 0.4) is 0 Å². The average Bonchev–Trinajstić information content (AvgIpc) is 3.24. The van der Waals surface area contributed by atoms with Crippen molar-refractivity contribution in [3.05, 3.63) is 78.4 Å². The van der Waals surface area contributed by atoms with Crippen LogP contribution in [0.25, 0.3) is 5.69 Å². The van der Waals surface area contributed by atoms with Crippen LogP contribution in [0.15, 0.2) is 71.8 Å². The van der Waals surface area contributed by atoms with Crippen molar-refractivity contribution in [3.8, 4) is 5.69 Å². The van der Waals surface area contributed by atoms with E-state index in [0.717, 1.165) is 11.8 Å². The summed E-state index contributed by atoms with van der Waals surface area (Å²) in [6.07, 6.45) is 1.71. The van der Waals surface area contributed by atoms with Crippen LogP contribution in [0.2, 0.25) is 0 Å². The van der Waals surface area contributed by atoms with Crippen LogP contribution in [0.1, 0.15) is 10.5 Å². The summed E-state index contributed by atoms with van der Waals surface area (Å²) in [6, 6.07) is 16.4. The predicted molar refractivity (Wildman–Crippen MR) is 105 cm³/mol. The van der Waals surface area contributed by atoms with Gasteiger partial charge < -0.3 is 4.90 Å². The molecule has 1 saturated heterocycles. The minimum Gasteiger partial charge on any atom is -0.335 e. The molecule has 150 valence electrons. The summed E-state index contributed by atoms with van der Waals surface area (Å²) in [5, 5.41) is 4.33. The SMILES string of the molecule is O=C(c1ccn(-c2ccccc2)n1)N1CCN(S(=O)(=O)c2ccccc2F)CC1. The maximum atomic E-state index is 13.9. The Balaban J connectivity index is 1.44. The maximum Gasteiger partial charge on any atom is 0.274 e. The quantitative estimate of drug-likeness (QED) is 0.656. The second-order valence-corrected chi connectivity index (χ2v) is 8.51. The largest absolute Gasteiger partial charge is 0.335 e. The van der Waals surface area contributed by atoms with Gasteiger partial charge in [0.1, 0.15) is 10.7 Å². The number of piperazine rings is 1. The molecule has 0 bridgehead atoms. The fourth-order valence-corrected chi connectivity index (χ4v) is 4.74. The van der Waals surface area contributed by atoms with Crippen molar-refractivity contribution in [1.29, 1.82) is 0 Å². The third-order valence-corrected chi connectivity index (χ3v) is 6.74. The molecule has 2 aromatic carbocycles. The van der Waals surface area contributed by atoms with Crippen LogP contribution in [-0.2, 0) is 10.0 Å². The third kappa shape index (κ3) is 3.79. The van der Waals surface area contributed by atoms with Gasteiger partial charge in [0.2, 0.25) is 10.0 Å². The summed E-state index contributed by atoms with van der Waals surface area (Å²) in [5.74, 6) is -1.04. The van der Waals surface area contributed by atoms with Gasteiger partial charge >= 0.3 is 0 Å². The van der Waals surface area contributed by atoms with Gasteiger partial charge in [-0.25, -0.2) is 17.5 Å². The van der Waals surface area contributed by atoms with Gasteiger partial charge in [0.25, 0.3) is 5.91 Å². The molecular formula is C20H19FN4O3S. The highest BCUT2D eigenvalue weighted by Crippen LogP contribution is 2.21. The Bertz CT molecular complexity index is 1120. The predicted octanol–water partition coefficient (Wildman–Crippen LogP) is 2.16. The maximum absolute atomic E-state index is 13.9. The molecule has 4 rings (SSSR count). The van der Waals surface area contributed by atoms with E-state index in [4.69, 9.17) is 0 Å². The Hall–Kier alpha value is -3.04. The van der Waals surface area contributed by atoms with Gasteiger partial charge in [-0.1, -0.05) is 30.3 Å². The Labute approximate surface area is 168 Å². The number of hydrogen-bond acceptors (Lipinski definition) is 4. The number of carbonyl (C=O) groups is 1. The van der Waals surface area contributed by atoms with Crippen LogP contribution in [0, 0.1) is 5.82 Å². The molecule has 0 radical (unpaired) electrons. The molecule has 1 fully saturated rings. The average molecular weight is 414 g/mol. The molecule has 0 unspecified atom stereocenters. The second kappa shape index (κ2) is 7.76. The molecule has 0 atom stereocenters. The molecule has 2 heterocycles.